The summed E-state index contributed by atoms with van der Waals surface area (Å²) in [4.78, 5) is 36.6. The van der Waals surface area contributed by atoms with Crippen molar-refractivity contribution in [1.82, 2.24) is 0 Å². The predicted octanol–water partition coefficient (Wildman–Crippen LogP) is 2.39. The van der Waals surface area contributed by atoms with Gasteiger partial charge in [-0.15, -0.1) is 6.58 Å². The number of hydrogen-bond acceptors (Lipinski definition) is 6. The van der Waals surface area contributed by atoms with Crippen LogP contribution in [0.25, 0.3) is 0 Å². The average molecular weight is 346 g/mol. The summed E-state index contributed by atoms with van der Waals surface area (Å²) in [6.07, 6.45) is 2.09. The van der Waals surface area contributed by atoms with Crippen molar-refractivity contribution < 1.29 is 28.6 Å². The summed E-state index contributed by atoms with van der Waals surface area (Å²) in [5.74, 6) is -2.10. The average Bonchev–Trinajstić information content (AvgIpc) is 3.05. The van der Waals surface area contributed by atoms with Crippen LogP contribution in [0, 0.1) is 17.3 Å². The molecule has 1 saturated carbocycles. The molecule has 6 heteroatoms. The third kappa shape index (κ3) is 3.73. The molecular formula is C19H22O6. The lowest BCUT2D eigenvalue weighted by Gasteiger charge is -2.23. The fourth-order valence-corrected chi connectivity index (χ4v) is 3.36. The van der Waals surface area contributed by atoms with E-state index >= 15 is 0 Å². The highest BCUT2D eigenvalue weighted by Crippen LogP contribution is 2.48. The predicted molar refractivity (Wildman–Crippen MR) is 89.6 cm³/mol. The van der Waals surface area contributed by atoms with Gasteiger partial charge in [-0.25, -0.2) is 4.79 Å². The molecule has 1 fully saturated rings. The summed E-state index contributed by atoms with van der Waals surface area (Å²) in [5.41, 5.74) is -0.936. The van der Waals surface area contributed by atoms with Crippen LogP contribution >= 0.6 is 0 Å². The third-order valence-electron chi connectivity index (χ3n) is 4.69. The molecule has 0 aliphatic heterocycles. The Morgan fingerprint density at radius 3 is 2.24 bits per heavy atom. The minimum Gasteiger partial charge on any atom is -0.468 e. The number of hydrogen-bond donors (Lipinski definition) is 0. The first-order valence-electron chi connectivity index (χ1n) is 8.00. The van der Waals surface area contributed by atoms with E-state index in [2.05, 4.69) is 6.58 Å². The lowest BCUT2D eigenvalue weighted by molar-refractivity contribution is -0.169. The van der Waals surface area contributed by atoms with Gasteiger partial charge in [0.05, 0.1) is 26.4 Å². The standard InChI is InChI=1S/C19H22O6/c1-4-13-10-19(17(21)23-2,18(22)24-3)11-15(13)12-25-16(20)14-8-6-5-7-9-14/h4-9,13,15H,1,10-12H2,2-3H3/t13-,15+/m1/s1. The largest absolute Gasteiger partial charge is 0.468 e. The molecular weight excluding hydrogens is 324 g/mol. The summed E-state index contributed by atoms with van der Waals surface area (Å²) in [7, 11) is 2.47. The van der Waals surface area contributed by atoms with Gasteiger partial charge in [0.2, 0.25) is 0 Å². The van der Waals surface area contributed by atoms with Crippen molar-refractivity contribution in [1.29, 1.82) is 0 Å². The third-order valence-corrected chi connectivity index (χ3v) is 4.69. The second kappa shape index (κ2) is 7.96. The van der Waals surface area contributed by atoms with Gasteiger partial charge in [-0.05, 0) is 30.9 Å². The van der Waals surface area contributed by atoms with E-state index < -0.39 is 23.3 Å². The van der Waals surface area contributed by atoms with Crippen LogP contribution in [0.4, 0.5) is 0 Å². The van der Waals surface area contributed by atoms with E-state index in [0.717, 1.165) is 0 Å². The van der Waals surface area contributed by atoms with Gasteiger partial charge in [0.1, 0.15) is 0 Å². The zero-order chi connectivity index (χ0) is 18.4. The van der Waals surface area contributed by atoms with E-state index in [1.807, 2.05) is 6.07 Å². The fraction of sp³-hybridized carbons (Fsp3) is 0.421. The Balaban J connectivity index is 2.12. The van der Waals surface area contributed by atoms with Crippen molar-refractivity contribution in [2.24, 2.45) is 17.3 Å². The second-order valence-corrected chi connectivity index (χ2v) is 6.10. The molecule has 0 radical (unpaired) electrons. The minimum atomic E-state index is -1.38. The van der Waals surface area contributed by atoms with Crippen molar-refractivity contribution in [2.45, 2.75) is 12.8 Å². The van der Waals surface area contributed by atoms with Crippen molar-refractivity contribution in [2.75, 3.05) is 20.8 Å². The Kier molecular flexibility index (Phi) is 5.96. The Bertz CT molecular complexity index is 635. The molecule has 0 spiro atoms. The van der Waals surface area contributed by atoms with Crippen LogP contribution in [0.5, 0.6) is 0 Å². The van der Waals surface area contributed by atoms with E-state index in [-0.39, 0.29) is 31.3 Å². The Labute approximate surface area is 146 Å². The van der Waals surface area contributed by atoms with Crippen molar-refractivity contribution in [3.8, 4) is 0 Å². The van der Waals surface area contributed by atoms with E-state index in [0.29, 0.717) is 5.56 Å². The Morgan fingerprint density at radius 2 is 1.72 bits per heavy atom. The molecule has 0 N–H and O–H groups in total. The van der Waals surface area contributed by atoms with Crippen molar-refractivity contribution in [3.05, 3.63) is 48.6 Å². The van der Waals surface area contributed by atoms with Crippen LogP contribution in [-0.4, -0.2) is 38.7 Å². The van der Waals surface area contributed by atoms with Gasteiger partial charge in [-0.2, -0.15) is 0 Å². The molecule has 2 rings (SSSR count). The number of esters is 3. The second-order valence-electron chi connectivity index (χ2n) is 6.10. The first-order chi connectivity index (χ1) is 12.0. The smallest absolute Gasteiger partial charge is 0.338 e. The maximum atomic E-state index is 12.2. The van der Waals surface area contributed by atoms with E-state index in [1.165, 1.54) is 14.2 Å². The van der Waals surface area contributed by atoms with Crippen LogP contribution in [0.15, 0.2) is 43.0 Å². The molecule has 6 nitrogen and oxygen atoms in total. The Hall–Kier alpha value is -2.63. The van der Waals surface area contributed by atoms with Crippen LogP contribution in [-0.2, 0) is 23.8 Å². The van der Waals surface area contributed by atoms with Crippen LogP contribution in [0.1, 0.15) is 23.2 Å². The maximum absolute atomic E-state index is 12.2. The van der Waals surface area contributed by atoms with Gasteiger partial charge < -0.3 is 14.2 Å². The van der Waals surface area contributed by atoms with E-state index in [9.17, 15) is 14.4 Å². The molecule has 2 atom stereocenters. The van der Waals surface area contributed by atoms with Gasteiger partial charge in [-0.1, -0.05) is 24.3 Å². The molecule has 0 bridgehead atoms. The summed E-state index contributed by atoms with van der Waals surface area (Å²) in [5, 5.41) is 0. The van der Waals surface area contributed by atoms with Gasteiger partial charge in [-0.3, -0.25) is 9.59 Å². The number of methoxy groups -OCH3 is 2. The first-order valence-corrected chi connectivity index (χ1v) is 8.00. The highest BCUT2D eigenvalue weighted by Gasteiger charge is 2.56. The Morgan fingerprint density at radius 1 is 1.12 bits per heavy atom. The minimum absolute atomic E-state index is 0.0835. The molecule has 0 saturated heterocycles. The highest BCUT2D eigenvalue weighted by molar-refractivity contribution is 6.00. The highest BCUT2D eigenvalue weighted by atomic mass is 16.5. The van der Waals surface area contributed by atoms with Gasteiger partial charge in [0.25, 0.3) is 0 Å². The number of rotatable bonds is 6. The van der Waals surface area contributed by atoms with Gasteiger partial charge in [0.15, 0.2) is 5.41 Å². The summed E-state index contributed by atoms with van der Waals surface area (Å²) in [6, 6.07) is 8.63. The molecule has 0 aromatic heterocycles. The molecule has 0 amide bonds. The summed E-state index contributed by atoms with van der Waals surface area (Å²) >= 11 is 0. The van der Waals surface area contributed by atoms with E-state index in [1.54, 1.807) is 30.3 Å². The molecule has 1 aromatic rings. The zero-order valence-electron chi connectivity index (χ0n) is 14.4. The lowest BCUT2D eigenvalue weighted by Crippen LogP contribution is -2.39. The number of ether oxygens (including phenoxy) is 3. The molecule has 0 unspecified atom stereocenters. The molecule has 25 heavy (non-hydrogen) atoms. The monoisotopic (exact) mass is 346 g/mol. The van der Waals surface area contributed by atoms with Crippen LogP contribution in [0.3, 0.4) is 0 Å². The normalized spacial score (nSPS) is 21.2. The molecule has 0 heterocycles. The van der Waals surface area contributed by atoms with Gasteiger partial charge in [0, 0.05) is 5.92 Å². The van der Waals surface area contributed by atoms with Crippen molar-refractivity contribution in [3.63, 3.8) is 0 Å². The van der Waals surface area contributed by atoms with Crippen molar-refractivity contribution >= 4 is 17.9 Å². The maximum Gasteiger partial charge on any atom is 0.338 e. The van der Waals surface area contributed by atoms with E-state index in [4.69, 9.17) is 14.2 Å². The van der Waals surface area contributed by atoms with Crippen LogP contribution < -0.4 is 0 Å². The number of carbonyl (C=O) groups excluding carboxylic acids is 3. The topological polar surface area (TPSA) is 78.9 Å². The zero-order valence-corrected chi connectivity index (χ0v) is 14.4. The van der Waals surface area contributed by atoms with Crippen LogP contribution in [0.2, 0.25) is 0 Å². The molecule has 134 valence electrons. The molecule has 1 aromatic carbocycles. The summed E-state index contributed by atoms with van der Waals surface area (Å²) in [6.45, 7) is 3.85. The molecule has 1 aliphatic rings. The fourth-order valence-electron chi connectivity index (χ4n) is 3.36. The lowest BCUT2D eigenvalue weighted by atomic mass is 9.85. The van der Waals surface area contributed by atoms with Gasteiger partial charge >= 0.3 is 17.9 Å². The number of allylic oxidation sites excluding steroid dienone is 1. The number of carbonyl (C=O) groups is 3. The first kappa shape index (κ1) is 18.7. The number of benzene rings is 1. The SMILES string of the molecule is C=C[C@@H]1CC(C(=O)OC)(C(=O)OC)C[C@H]1COC(=O)c1ccccc1. The quantitative estimate of drug-likeness (QED) is 0.341. The molecule has 1 aliphatic carbocycles. The summed E-state index contributed by atoms with van der Waals surface area (Å²) < 4.78 is 15.0.